The van der Waals surface area contributed by atoms with Crippen LogP contribution in [-0.2, 0) is 11.3 Å². The van der Waals surface area contributed by atoms with Crippen LogP contribution in [0.4, 0.5) is 10.1 Å². The molecule has 0 saturated carbocycles. The summed E-state index contributed by atoms with van der Waals surface area (Å²) in [5.41, 5.74) is 6.33. The molecule has 0 fully saturated rings. The number of hydrogen-bond donors (Lipinski definition) is 4. The number of fused-ring (bicyclic) bond motifs is 1. The van der Waals surface area contributed by atoms with E-state index in [0.29, 0.717) is 17.0 Å². The molecule has 184 valence electrons. The fraction of sp³-hybridized carbons (Fsp3) is 0.174. The Morgan fingerprint density at radius 2 is 2.06 bits per heavy atom. The highest BCUT2D eigenvalue weighted by atomic mass is 19.1. The largest absolute Gasteiger partial charge is 0.493 e. The molecule has 0 saturated heterocycles. The number of nitrogen functional groups attached to an aromatic ring is 1. The lowest BCUT2D eigenvalue weighted by molar-refractivity contribution is -0.0200. The molecular weight excluding hydrogens is 471 g/mol. The van der Waals surface area contributed by atoms with E-state index in [-0.39, 0.29) is 47.9 Å². The lowest BCUT2D eigenvalue weighted by Crippen LogP contribution is -2.20. The molecule has 4 aromatic rings. The molecule has 5 N–H and O–H groups in total. The summed E-state index contributed by atoms with van der Waals surface area (Å²) in [6.45, 7) is -0.0463. The summed E-state index contributed by atoms with van der Waals surface area (Å²) in [5.74, 6) is 0.0218. The summed E-state index contributed by atoms with van der Waals surface area (Å²) in [4.78, 5) is 23.5. The van der Waals surface area contributed by atoms with E-state index in [1.165, 1.54) is 25.6 Å². The van der Waals surface area contributed by atoms with Gasteiger partial charge in [0.1, 0.15) is 17.7 Å². The average Bonchev–Trinajstić information content (AvgIpc) is 3.30. The number of benzene rings is 2. The number of ether oxygens (including phenoxy) is 3. The fourth-order valence-corrected chi connectivity index (χ4v) is 3.80. The van der Waals surface area contributed by atoms with Crippen molar-refractivity contribution in [3.05, 3.63) is 87.6 Å². The molecular formula is C23H21FN8O4. The van der Waals surface area contributed by atoms with Crippen LogP contribution < -0.4 is 26.2 Å². The van der Waals surface area contributed by atoms with Gasteiger partial charge in [-0.15, -0.1) is 9.78 Å². The van der Waals surface area contributed by atoms with Crippen molar-refractivity contribution in [1.82, 2.24) is 24.7 Å². The first-order chi connectivity index (χ1) is 17.5. The molecule has 36 heavy (non-hydrogen) atoms. The second-order valence-corrected chi connectivity index (χ2v) is 7.74. The van der Waals surface area contributed by atoms with Gasteiger partial charge in [-0.3, -0.25) is 10.4 Å². The number of nitrogens with zero attached hydrogens (tertiary/aromatic N) is 4. The number of nitrogens with one attached hydrogen (secondary N) is 3. The average molecular weight is 492 g/mol. The van der Waals surface area contributed by atoms with Crippen molar-refractivity contribution >= 4 is 11.5 Å². The van der Waals surface area contributed by atoms with Crippen LogP contribution in [0.1, 0.15) is 28.6 Å². The molecule has 0 spiro atoms. The summed E-state index contributed by atoms with van der Waals surface area (Å²) >= 11 is 0. The summed E-state index contributed by atoms with van der Waals surface area (Å²) in [5, 5.41) is 15.1. The number of hydrogen-bond acceptors (Lipinski definition) is 9. The van der Waals surface area contributed by atoms with Gasteiger partial charge in [-0.05, 0) is 36.4 Å². The molecule has 0 aliphatic carbocycles. The van der Waals surface area contributed by atoms with Gasteiger partial charge in [-0.2, -0.15) is 0 Å². The first kappa shape index (κ1) is 23.0. The van der Waals surface area contributed by atoms with Crippen molar-refractivity contribution in [3.8, 4) is 17.4 Å². The molecule has 0 bridgehead atoms. The van der Waals surface area contributed by atoms with E-state index in [4.69, 9.17) is 25.4 Å². The third kappa shape index (κ3) is 4.22. The van der Waals surface area contributed by atoms with E-state index in [1.807, 2.05) is 0 Å². The van der Waals surface area contributed by atoms with Gasteiger partial charge in [0.25, 0.3) is 5.95 Å². The lowest BCUT2D eigenvalue weighted by atomic mass is 9.99. The maximum Gasteiger partial charge on any atom is 0.350 e. The van der Waals surface area contributed by atoms with E-state index in [0.717, 1.165) is 4.68 Å². The predicted molar refractivity (Wildman–Crippen MR) is 126 cm³/mol. The van der Waals surface area contributed by atoms with Gasteiger partial charge >= 0.3 is 5.69 Å². The van der Waals surface area contributed by atoms with E-state index >= 15 is 4.39 Å². The number of rotatable bonds is 7. The second-order valence-electron chi connectivity index (χ2n) is 7.74. The third-order valence-electron chi connectivity index (χ3n) is 5.52. The van der Waals surface area contributed by atoms with Crippen molar-refractivity contribution in [1.29, 1.82) is 5.41 Å². The Morgan fingerprint density at radius 3 is 2.75 bits per heavy atom. The SMILES string of the molecule is COc1cc([C@H](Nc2ccc(C(=N)N)cc2)c2nn(-c3ncccn3)c(=O)[nH]2)c(F)c2c1OCOC2. The van der Waals surface area contributed by atoms with Crippen molar-refractivity contribution in [3.63, 3.8) is 0 Å². The first-order valence-corrected chi connectivity index (χ1v) is 10.7. The van der Waals surface area contributed by atoms with Gasteiger partial charge in [0.15, 0.2) is 24.1 Å². The summed E-state index contributed by atoms with van der Waals surface area (Å²) in [6, 6.07) is 8.76. The smallest absolute Gasteiger partial charge is 0.350 e. The standard InChI is InChI=1S/C23H21FN8O4/c1-34-16-9-14(17(24)15-10-35-11-36-19(15)16)18(29-13-5-3-12(4-6-13)20(25)26)21-30-23(33)32(31-21)22-27-7-2-8-28-22/h2-9,18,29H,10-11H2,1H3,(H3,25,26)(H,30,31,33)/t18-/m0/s1. The highest BCUT2D eigenvalue weighted by Crippen LogP contribution is 2.41. The van der Waals surface area contributed by atoms with Crippen molar-refractivity contribution in [2.24, 2.45) is 5.73 Å². The Hall–Kier alpha value is -4.78. The second kappa shape index (κ2) is 9.46. The van der Waals surface area contributed by atoms with E-state index in [9.17, 15) is 4.79 Å². The summed E-state index contributed by atoms with van der Waals surface area (Å²) < 4.78 is 33.1. The Morgan fingerprint density at radius 1 is 1.31 bits per heavy atom. The first-order valence-electron chi connectivity index (χ1n) is 10.7. The van der Waals surface area contributed by atoms with Gasteiger partial charge in [0, 0.05) is 29.2 Å². The molecule has 3 heterocycles. The van der Waals surface area contributed by atoms with E-state index < -0.39 is 17.5 Å². The van der Waals surface area contributed by atoms with Crippen LogP contribution in [0.3, 0.4) is 0 Å². The highest BCUT2D eigenvalue weighted by Gasteiger charge is 2.30. The van der Waals surface area contributed by atoms with Crippen LogP contribution in [0.2, 0.25) is 0 Å². The van der Waals surface area contributed by atoms with E-state index in [2.05, 4.69) is 25.4 Å². The molecule has 1 atom stereocenters. The molecule has 1 aliphatic rings. The molecule has 0 unspecified atom stereocenters. The van der Waals surface area contributed by atoms with Crippen molar-refractivity contribution < 1.29 is 18.6 Å². The van der Waals surface area contributed by atoms with E-state index in [1.54, 1.807) is 30.3 Å². The number of aromatic amines is 1. The Labute approximate surface area is 203 Å². The number of aromatic nitrogens is 5. The van der Waals surface area contributed by atoms with Crippen LogP contribution in [0.25, 0.3) is 5.95 Å². The number of anilines is 1. The topological polar surface area (TPSA) is 166 Å². The van der Waals surface area contributed by atoms with Crippen molar-refractivity contribution in [2.45, 2.75) is 12.6 Å². The van der Waals surface area contributed by atoms with Crippen LogP contribution >= 0.6 is 0 Å². The molecule has 0 radical (unpaired) electrons. The minimum Gasteiger partial charge on any atom is -0.493 e. The summed E-state index contributed by atoms with van der Waals surface area (Å²) in [7, 11) is 1.45. The normalized spacial score (nSPS) is 13.4. The van der Waals surface area contributed by atoms with Gasteiger partial charge in [-0.25, -0.2) is 19.2 Å². The maximum atomic E-state index is 15.9. The number of halogens is 1. The van der Waals surface area contributed by atoms with Crippen LogP contribution in [0.5, 0.6) is 11.5 Å². The Bertz CT molecular complexity index is 1470. The third-order valence-corrected chi connectivity index (χ3v) is 5.52. The van der Waals surface area contributed by atoms with Crippen LogP contribution in [0, 0.1) is 11.2 Å². The maximum absolute atomic E-state index is 15.9. The minimum absolute atomic E-state index is 0.0196. The van der Waals surface area contributed by atoms with Crippen molar-refractivity contribution in [2.75, 3.05) is 19.2 Å². The summed E-state index contributed by atoms with van der Waals surface area (Å²) in [6.07, 6.45) is 2.95. The zero-order chi connectivity index (χ0) is 25.2. The molecule has 5 rings (SSSR count). The number of methoxy groups -OCH3 is 1. The Kier molecular flexibility index (Phi) is 6.04. The Balaban J connectivity index is 1.64. The molecule has 2 aromatic carbocycles. The predicted octanol–water partition coefficient (Wildman–Crippen LogP) is 1.85. The van der Waals surface area contributed by atoms with Gasteiger partial charge in [-0.1, -0.05) is 0 Å². The quantitative estimate of drug-likeness (QED) is 0.222. The highest BCUT2D eigenvalue weighted by molar-refractivity contribution is 5.95. The van der Waals surface area contributed by atoms with Crippen LogP contribution in [-0.4, -0.2) is 44.5 Å². The molecule has 13 heteroatoms. The number of amidine groups is 1. The van der Waals surface area contributed by atoms with Gasteiger partial charge in [0.05, 0.1) is 19.3 Å². The van der Waals surface area contributed by atoms with Gasteiger partial charge in [0.2, 0.25) is 0 Å². The fourth-order valence-electron chi connectivity index (χ4n) is 3.80. The number of nitrogens with two attached hydrogens (primary N) is 1. The lowest BCUT2D eigenvalue weighted by Gasteiger charge is -2.25. The molecule has 0 amide bonds. The number of H-pyrrole nitrogens is 1. The van der Waals surface area contributed by atoms with Gasteiger partial charge < -0.3 is 25.3 Å². The molecule has 12 nitrogen and oxygen atoms in total. The monoisotopic (exact) mass is 492 g/mol. The molecule has 2 aromatic heterocycles. The zero-order valence-electron chi connectivity index (χ0n) is 19.0. The minimum atomic E-state index is -0.980. The zero-order valence-corrected chi connectivity index (χ0v) is 19.0. The van der Waals surface area contributed by atoms with Crippen LogP contribution in [0.15, 0.2) is 53.6 Å². The molecule has 1 aliphatic heterocycles.